The summed E-state index contributed by atoms with van der Waals surface area (Å²) in [6.45, 7) is -0.216. The number of pyridine rings is 1. The highest BCUT2D eigenvalue weighted by Crippen LogP contribution is 2.30. The van der Waals surface area contributed by atoms with Gasteiger partial charge in [0.15, 0.2) is 0 Å². The van der Waals surface area contributed by atoms with E-state index in [1.807, 2.05) is 0 Å². The molecule has 0 unspecified atom stereocenters. The van der Waals surface area contributed by atoms with Gasteiger partial charge in [-0.2, -0.15) is 17.5 Å². The van der Waals surface area contributed by atoms with Gasteiger partial charge in [-0.05, 0) is 24.3 Å². The molecule has 0 saturated carbocycles. The fraction of sp³-hybridized carbons (Fsp3) is 0.312. The third kappa shape index (κ3) is 4.53. The Kier molecular flexibility index (Phi) is 5.08. The number of sulfonamides is 1. The molecule has 1 aliphatic rings. The van der Waals surface area contributed by atoms with Crippen LogP contribution >= 0.6 is 0 Å². The number of aromatic nitrogens is 1. The monoisotopic (exact) mass is 408 g/mol. The summed E-state index contributed by atoms with van der Waals surface area (Å²) in [6, 6.07) is 4.47. The number of nitrogens with zero attached hydrogens (tertiary/aromatic N) is 2. The maximum atomic E-state index is 13.6. The van der Waals surface area contributed by atoms with Gasteiger partial charge in [0, 0.05) is 17.8 Å². The fourth-order valence-electron chi connectivity index (χ4n) is 2.48. The molecule has 146 valence electrons. The molecule has 3 rings (SSSR count). The van der Waals surface area contributed by atoms with E-state index in [0.29, 0.717) is 0 Å². The molecule has 0 atom stereocenters. The highest BCUT2D eigenvalue weighted by atomic mass is 32.2. The Labute approximate surface area is 151 Å². The first-order valence-electron chi connectivity index (χ1n) is 7.66. The van der Waals surface area contributed by atoms with Crippen LogP contribution in [0.4, 0.5) is 22.0 Å². The van der Waals surface area contributed by atoms with Gasteiger partial charge in [0.25, 0.3) is 0 Å². The molecule has 1 fully saturated rings. The van der Waals surface area contributed by atoms with Crippen molar-refractivity contribution in [2.24, 2.45) is 0 Å². The van der Waals surface area contributed by atoms with Crippen LogP contribution in [-0.2, 0) is 22.0 Å². The van der Waals surface area contributed by atoms with E-state index in [4.69, 9.17) is 4.74 Å². The predicted octanol–water partition coefficient (Wildman–Crippen LogP) is 2.97. The molecule has 27 heavy (non-hydrogen) atoms. The van der Waals surface area contributed by atoms with Gasteiger partial charge in [-0.15, -0.1) is 0 Å². The summed E-state index contributed by atoms with van der Waals surface area (Å²) in [7, 11) is -3.92. The van der Waals surface area contributed by atoms with E-state index in [0.717, 1.165) is 34.8 Å². The van der Waals surface area contributed by atoms with E-state index >= 15 is 0 Å². The van der Waals surface area contributed by atoms with Crippen molar-refractivity contribution in [1.29, 1.82) is 0 Å². The number of ether oxygens (including phenoxy) is 1. The SMILES string of the molecule is O=S(=O)(Cc1cc(F)ccc1F)N1CC(Oc2ccnc(C(F)(F)F)c2)C1. The van der Waals surface area contributed by atoms with Crippen molar-refractivity contribution < 1.29 is 35.1 Å². The van der Waals surface area contributed by atoms with Gasteiger partial charge >= 0.3 is 6.18 Å². The van der Waals surface area contributed by atoms with Crippen molar-refractivity contribution in [3.63, 3.8) is 0 Å². The van der Waals surface area contributed by atoms with Crippen LogP contribution in [0.25, 0.3) is 0 Å². The lowest BCUT2D eigenvalue weighted by Crippen LogP contribution is -2.56. The largest absolute Gasteiger partial charge is 0.488 e. The van der Waals surface area contributed by atoms with Crippen molar-refractivity contribution in [1.82, 2.24) is 9.29 Å². The van der Waals surface area contributed by atoms with Gasteiger partial charge in [-0.1, -0.05) is 0 Å². The van der Waals surface area contributed by atoms with E-state index < -0.39 is 45.4 Å². The van der Waals surface area contributed by atoms with Gasteiger partial charge < -0.3 is 4.74 Å². The Morgan fingerprint density at radius 1 is 1.15 bits per heavy atom. The molecule has 0 amide bonds. The molecule has 0 N–H and O–H groups in total. The fourth-order valence-corrected chi connectivity index (χ4v) is 4.06. The average Bonchev–Trinajstić information content (AvgIpc) is 2.53. The lowest BCUT2D eigenvalue weighted by Gasteiger charge is -2.37. The van der Waals surface area contributed by atoms with Crippen LogP contribution in [0.1, 0.15) is 11.3 Å². The summed E-state index contributed by atoms with van der Waals surface area (Å²) in [5, 5.41) is 0. The highest BCUT2D eigenvalue weighted by Gasteiger charge is 2.38. The van der Waals surface area contributed by atoms with E-state index in [1.54, 1.807) is 0 Å². The third-order valence-electron chi connectivity index (χ3n) is 3.88. The standard InChI is InChI=1S/C16H13F5N2O3S/c17-11-1-2-14(18)10(5-11)9-27(24,25)23-7-13(8-23)26-12-3-4-22-15(6-12)16(19,20)21/h1-6,13H,7-9H2. The van der Waals surface area contributed by atoms with Gasteiger partial charge in [0.2, 0.25) is 10.0 Å². The lowest BCUT2D eigenvalue weighted by atomic mass is 10.2. The molecule has 2 heterocycles. The summed E-state index contributed by atoms with van der Waals surface area (Å²) in [6.07, 6.45) is -4.33. The topological polar surface area (TPSA) is 59.5 Å². The lowest BCUT2D eigenvalue weighted by molar-refractivity contribution is -0.141. The van der Waals surface area contributed by atoms with Gasteiger partial charge in [0.1, 0.15) is 29.2 Å². The predicted molar refractivity (Wildman–Crippen MR) is 84.2 cm³/mol. The summed E-state index contributed by atoms with van der Waals surface area (Å²) in [5.41, 5.74) is -1.42. The summed E-state index contributed by atoms with van der Waals surface area (Å²) < 4.78 is 95.5. The molecule has 1 saturated heterocycles. The van der Waals surface area contributed by atoms with Crippen molar-refractivity contribution in [3.8, 4) is 5.75 Å². The zero-order chi connectivity index (χ0) is 19.8. The van der Waals surface area contributed by atoms with Crippen molar-refractivity contribution >= 4 is 10.0 Å². The molecule has 0 spiro atoms. The Bertz CT molecular complexity index is 943. The third-order valence-corrected chi connectivity index (χ3v) is 5.64. The second-order valence-electron chi connectivity index (χ2n) is 5.92. The molecule has 11 heteroatoms. The molecule has 0 radical (unpaired) electrons. The number of alkyl halides is 3. The number of rotatable bonds is 5. The molecule has 0 aliphatic carbocycles. The zero-order valence-electron chi connectivity index (χ0n) is 13.6. The minimum Gasteiger partial charge on any atom is -0.488 e. The van der Waals surface area contributed by atoms with Crippen molar-refractivity contribution in [2.75, 3.05) is 13.1 Å². The molecule has 1 aliphatic heterocycles. The highest BCUT2D eigenvalue weighted by molar-refractivity contribution is 7.88. The number of hydrogen-bond donors (Lipinski definition) is 0. The maximum Gasteiger partial charge on any atom is 0.433 e. The van der Waals surface area contributed by atoms with E-state index in [2.05, 4.69) is 4.98 Å². The van der Waals surface area contributed by atoms with Crippen LogP contribution in [0.3, 0.4) is 0 Å². The van der Waals surface area contributed by atoms with Crippen LogP contribution in [0.5, 0.6) is 5.75 Å². The van der Waals surface area contributed by atoms with Gasteiger partial charge in [0.05, 0.1) is 18.8 Å². The molecule has 5 nitrogen and oxygen atoms in total. The molecular weight excluding hydrogens is 395 g/mol. The molecule has 0 bridgehead atoms. The van der Waals surface area contributed by atoms with E-state index in [1.165, 1.54) is 6.07 Å². The maximum absolute atomic E-state index is 13.6. The Hall–Kier alpha value is -2.27. The minimum absolute atomic E-state index is 0.0875. The smallest absolute Gasteiger partial charge is 0.433 e. The molecule has 1 aromatic heterocycles. The van der Waals surface area contributed by atoms with Gasteiger partial charge in [-0.25, -0.2) is 17.2 Å². The van der Waals surface area contributed by atoms with Crippen LogP contribution in [0.15, 0.2) is 36.5 Å². The van der Waals surface area contributed by atoms with Crippen LogP contribution in [-0.4, -0.2) is 36.9 Å². The summed E-state index contributed by atoms with van der Waals surface area (Å²) >= 11 is 0. The van der Waals surface area contributed by atoms with Crippen LogP contribution in [0.2, 0.25) is 0 Å². The number of halogens is 5. The normalized spacial score (nSPS) is 16.2. The first kappa shape index (κ1) is 19.5. The second-order valence-corrected chi connectivity index (χ2v) is 7.89. The zero-order valence-corrected chi connectivity index (χ0v) is 14.4. The van der Waals surface area contributed by atoms with Crippen molar-refractivity contribution in [3.05, 3.63) is 59.4 Å². The van der Waals surface area contributed by atoms with Crippen LogP contribution < -0.4 is 4.74 Å². The summed E-state index contributed by atoms with van der Waals surface area (Å²) in [5.74, 6) is -2.42. The van der Waals surface area contributed by atoms with E-state index in [-0.39, 0.29) is 24.4 Å². The minimum atomic E-state index is -4.62. The number of benzene rings is 1. The Morgan fingerprint density at radius 3 is 2.52 bits per heavy atom. The van der Waals surface area contributed by atoms with Gasteiger partial charge in [-0.3, -0.25) is 4.98 Å². The second kappa shape index (κ2) is 7.04. The van der Waals surface area contributed by atoms with E-state index in [9.17, 15) is 30.4 Å². The molecule has 1 aromatic carbocycles. The van der Waals surface area contributed by atoms with Crippen molar-refractivity contribution in [2.45, 2.75) is 18.0 Å². The summed E-state index contributed by atoms with van der Waals surface area (Å²) in [4.78, 5) is 3.20. The first-order valence-corrected chi connectivity index (χ1v) is 9.27. The first-order chi connectivity index (χ1) is 12.5. The Morgan fingerprint density at radius 2 is 1.85 bits per heavy atom. The molecule has 2 aromatic rings. The molecular formula is C16H13F5N2O3S. The van der Waals surface area contributed by atoms with Crippen LogP contribution in [0, 0.1) is 11.6 Å². The Balaban J connectivity index is 1.61. The quantitative estimate of drug-likeness (QED) is 0.714. The number of hydrogen-bond acceptors (Lipinski definition) is 4. The average molecular weight is 408 g/mol.